The second-order valence-corrected chi connectivity index (χ2v) is 7.04. The fourth-order valence-corrected chi connectivity index (χ4v) is 2.92. The minimum Gasteiger partial charge on any atom is -0.447 e. The zero-order chi connectivity index (χ0) is 24.6. The van der Waals surface area contributed by atoms with E-state index in [2.05, 4.69) is 15.2 Å². The molecule has 3 rings (SSSR count). The number of nitriles is 1. The highest BCUT2D eigenvalue weighted by molar-refractivity contribution is 5.84. The van der Waals surface area contributed by atoms with Gasteiger partial charge in [0, 0.05) is 24.4 Å². The lowest BCUT2D eigenvalue weighted by Crippen LogP contribution is -2.21. The number of rotatable bonds is 8. The van der Waals surface area contributed by atoms with E-state index in [1.807, 2.05) is 6.07 Å². The molecule has 0 atom stereocenters. The van der Waals surface area contributed by atoms with Crippen LogP contribution in [0, 0.1) is 11.3 Å². The number of nitrogens with zero attached hydrogens (tertiary/aromatic N) is 3. The van der Waals surface area contributed by atoms with E-state index < -0.39 is 25.5 Å². The molecule has 0 radical (unpaired) electrons. The van der Waals surface area contributed by atoms with Gasteiger partial charge in [-0.2, -0.15) is 23.5 Å². The van der Waals surface area contributed by atoms with Crippen LogP contribution in [0.15, 0.2) is 65.6 Å². The van der Waals surface area contributed by atoms with Crippen molar-refractivity contribution in [3.05, 3.63) is 87.8 Å². The van der Waals surface area contributed by atoms with Gasteiger partial charge in [0.25, 0.3) is 0 Å². The molecule has 0 bridgehead atoms. The van der Waals surface area contributed by atoms with Crippen molar-refractivity contribution in [2.75, 3.05) is 25.1 Å². The van der Waals surface area contributed by atoms with Gasteiger partial charge >= 0.3 is 12.3 Å². The first-order valence-corrected chi connectivity index (χ1v) is 10.00. The lowest BCUT2D eigenvalue weighted by atomic mass is 10.1. The Hall–Kier alpha value is -4.17. The number of ether oxygens (including phenoxy) is 2. The van der Waals surface area contributed by atoms with Gasteiger partial charge in [0.15, 0.2) is 0 Å². The number of benzene rings is 2. The number of hydrogen-bond donors (Lipinski definition) is 1. The summed E-state index contributed by atoms with van der Waals surface area (Å²) in [6.07, 6.45) is -3.62. The molecule has 2 aromatic carbocycles. The van der Waals surface area contributed by atoms with E-state index in [0.29, 0.717) is 22.5 Å². The molecule has 0 saturated heterocycles. The molecule has 1 aromatic heterocycles. The summed E-state index contributed by atoms with van der Waals surface area (Å²) < 4.78 is 46.7. The number of anilines is 1. The van der Waals surface area contributed by atoms with Crippen molar-refractivity contribution in [2.24, 2.45) is 0 Å². The summed E-state index contributed by atoms with van der Waals surface area (Å²) in [6.45, 7) is -2.16. The predicted molar refractivity (Wildman–Crippen MR) is 116 cm³/mol. The zero-order valence-corrected chi connectivity index (χ0v) is 17.7. The summed E-state index contributed by atoms with van der Waals surface area (Å²) in [5.41, 5.74) is 2.11. The number of nitrogens with one attached hydrogen (secondary N) is 1. The quantitative estimate of drug-likeness (QED) is 0.500. The van der Waals surface area contributed by atoms with Crippen molar-refractivity contribution in [2.45, 2.75) is 12.6 Å². The summed E-state index contributed by atoms with van der Waals surface area (Å²) in [5, 5.41) is 15.9. The highest BCUT2D eigenvalue weighted by Crippen LogP contribution is 2.15. The number of hydrogen-bond acceptors (Lipinski definition) is 6. The van der Waals surface area contributed by atoms with Crippen LogP contribution in [-0.4, -0.2) is 41.9 Å². The van der Waals surface area contributed by atoms with E-state index in [0.717, 1.165) is 0 Å². The third kappa shape index (κ3) is 7.46. The van der Waals surface area contributed by atoms with Crippen molar-refractivity contribution in [3.63, 3.8) is 0 Å². The van der Waals surface area contributed by atoms with Gasteiger partial charge in [-0.05, 0) is 35.9 Å². The van der Waals surface area contributed by atoms with Crippen LogP contribution in [0.25, 0.3) is 5.69 Å². The molecular weight excluding hydrogens is 453 g/mol. The van der Waals surface area contributed by atoms with Crippen LogP contribution in [0.3, 0.4) is 0 Å². The Morgan fingerprint density at radius 3 is 2.68 bits per heavy atom. The number of halogens is 3. The van der Waals surface area contributed by atoms with E-state index in [9.17, 15) is 22.8 Å². The minimum absolute atomic E-state index is 0.174. The fraction of sp³-hybridized carbons (Fsp3) is 0.217. The molecule has 1 N–H and O–H groups in total. The number of carbonyl (C=O) groups is 1. The van der Waals surface area contributed by atoms with E-state index >= 15 is 0 Å². The molecule has 3 aromatic rings. The maximum Gasteiger partial charge on any atom is 0.411 e. The van der Waals surface area contributed by atoms with Gasteiger partial charge in [-0.3, -0.25) is 10.1 Å². The predicted octanol–water partition coefficient (Wildman–Crippen LogP) is 3.82. The van der Waals surface area contributed by atoms with Crippen molar-refractivity contribution in [1.29, 1.82) is 5.26 Å². The molecule has 176 valence electrons. The summed E-state index contributed by atoms with van der Waals surface area (Å²) >= 11 is 0. The van der Waals surface area contributed by atoms with Crippen molar-refractivity contribution in [1.82, 2.24) is 9.78 Å². The Balaban J connectivity index is 1.62. The van der Waals surface area contributed by atoms with E-state index in [-0.39, 0.29) is 24.2 Å². The fourth-order valence-electron chi connectivity index (χ4n) is 2.92. The molecule has 11 heteroatoms. The summed E-state index contributed by atoms with van der Waals surface area (Å²) in [6, 6.07) is 16.8. The molecule has 0 aliphatic rings. The lowest BCUT2D eigenvalue weighted by Gasteiger charge is -2.10. The molecule has 0 unspecified atom stereocenters. The van der Waals surface area contributed by atoms with Gasteiger partial charge in [0.1, 0.15) is 18.9 Å². The van der Waals surface area contributed by atoms with Crippen LogP contribution in [0.2, 0.25) is 0 Å². The molecule has 1 amide bonds. The molecule has 0 fully saturated rings. The van der Waals surface area contributed by atoms with Crippen LogP contribution in [0.1, 0.15) is 16.8 Å². The van der Waals surface area contributed by atoms with Crippen LogP contribution in [-0.2, 0) is 15.9 Å². The molecule has 0 aliphatic heterocycles. The lowest BCUT2D eigenvalue weighted by molar-refractivity contribution is -0.175. The van der Waals surface area contributed by atoms with Crippen molar-refractivity contribution < 1.29 is 27.4 Å². The summed E-state index contributed by atoms with van der Waals surface area (Å²) in [7, 11) is 0. The topological polar surface area (TPSA) is 106 Å². The van der Waals surface area contributed by atoms with Crippen molar-refractivity contribution in [3.8, 4) is 11.8 Å². The maximum absolute atomic E-state index is 12.3. The molecule has 34 heavy (non-hydrogen) atoms. The maximum atomic E-state index is 12.3. The molecule has 1 heterocycles. The molecule has 0 saturated carbocycles. The summed E-state index contributed by atoms with van der Waals surface area (Å²) in [4.78, 5) is 24.2. The molecule has 8 nitrogen and oxygen atoms in total. The highest BCUT2D eigenvalue weighted by Gasteiger charge is 2.27. The minimum atomic E-state index is -4.44. The average molecular weight is 472 g/mol. The van der Waals surface area contributed by atoms with Gasteiger partial charge in [-0.1, -0.05) is 18.2 Å². The summed E-state index contributed by atoms with van der Waals surface area (Å²) in [5.74, 6) is 0. The first kappa shape index (κ1) is 24.5. The standard InChI is InChI=1S/C23H19F3N4O4/c24-23(25,26)15-33-9-10-34-22(32)28-18-5-1-3-16(11-18)13-20-21(31)7-8-30(29-20)19-6-2-4-17(12-19)14-27/h1-8,11-12H,9-10,13,15H2,(H,28,32). The average Bonchev–Trinajstić information content (AvgIpc) is 2.80. The van der Waals surface area contributed by atoms with E-state index in [4.69, 9.17) is 10.00 Å². The SMILES string of the molecule is N#Cc1cccc(-n2ccc(=O)c(Cc3cccc(NC(=O)OCCOCC(F)(F)F)c3)n2)c1. The van der Waals surface area contributed by atoms with Crippen LogP contribution in [0.5, 0.6) is 0 Å². The number of amides is 1. The number of aromatic nitrogens is 2. The second kappa shape index (κ2) is 11.1. The highest BCUT2D eigenvalue weighted by atomic mass is 19.4. The normalized spacial score (nSPS) is 11.0. The van der Waals surface area contributed by atoms with Crippen LogP contribution >= 0.6 is 0 Å². The van der Waals surface area contributed by atoms with Gasteiger partial charge in [-0.25, -0.2) is 9.48 Å². The van der Waals surface area contributed by atoms with Gasteiger partial charge in [0.05, 0.1) is 23.9 Å². The van der Waals surface area contributed by atoms with Gasteiger partial charge in [-0.15, -0.1) is 0 Å². The first-order valence-electron chi connectivity index (χ1n) is 10.00. The zero-order valence-electron chi connectivity index (χ0n) is 17.7. The Bertz CT molecular complexity index is 1250. The monoisotopic (exact) mass is 472 g/mol. The van der Waals surface area contributed by atoms with Gasteiger partial charge < -0.3 is 9.47 Å². The molecule has 0 spiro atoms. The Morgan fingerprint density at radius 1 is 1.12 bits per heavy atom. The molecular formula is C23H19F3N4O4. The van der Waals surface area contributed by atoms with Crippen LogP contribution in [0.4, 0.5) is 23.7 Å². The van der Waals surface area contributed by atoms with E-state index in [1.54, 1.807) is 48.5 Å². The number of carbonyl (C=O) groups excluding carboxylic acids is 1. The van der Waals surface area contributed by atoms with Crippen molar-refractivity contribution >= 4 is 11.8 Å². The molecule has 0 aliphatic carbocycles. The largest absolute Gasteiger partial charge is 0.447 e. The third-order valence-corrected chi connectivity index (χ3v) is 4.39. The second-order valence-electron chi connectivity index (χ2n) is 7.04. The Kier molecular flexibility index (Phi) is 8.00. The van der Waals surface area contributed by atoms with Crippen LogP contribution < -0.4 is 10.7 Å². The Morgan fingerprint density at radius 2 is 1.91 bits per heavy atom. The number of alkyl halides is 3. The Labute approximate surface area is 192 Å². The van der Waals surface area contributed by atoms with Gasteiger partial charge in [0.2, 0.25) is 5.43 Å². The van der Waals surface area contributed by atoms with E-state index in [1.165, 1.54) is 16.9 Å². The smallest absolute Gasteiger partial charge is 0.411 e. The third-order valence-electron chi connectivity index (χ3n) is 4.39. The first-order chi connectivity index (χ1) is 16.2.